The van der Waals surface area contributed by atoms with Gasteiger partial charge < -0.3 is 4.74 Å². The van der Waals surface area contributed by atoms with E-state index in [0.717, 1.165) is 11.3 Å². The van der Waals surface area contributed by atoms with Crippen molar-refractivity contribution < 1.29 is 9.53 Å². The van der Waals surface area contributed by atoms with Gasteiger partial charge in [-0.2, -0.15) is 5.10 Å². The molecule has 0 N–H and O–H groups in total. The number of anilines is 1. The van der Waals surface area contributed by atoms with Gasteiger partial charge >= 0.3 is 0 Å². The molecule has 2 aromatic heterocycles. The highest BCUT2D eigenvalue weighted by atomic mass is 16.5. The lowest BCUT2D eigenvalue weighted by Crippen LogP contribution is -2.42. The van der Waals surface area contributed by atoms with Crippen molar-refractivity contribution in [2.45, 2.75) is 20.0 Å². The van der Waals surface area contributed by atoms with Gasteiger partial charge in [0.25, 0.3) is 5.91 Å². The van der Waals surface area contributed by atoms with E-state index in [2.05, 4.69) is 15.1 Å². The Balaban J connectivity index is 1.70. The summed E-state index contributed by atoms with van der Waals surface area (Å²) in [6.45, 7) is 4.34. The molecule has 1 unspecified atom stereocenters. The van der Waals surface area contributed by atoms with Gasteiger partial charge in [0.05, 0.1) is 12.2 Å². The summed E-state index contributed by atoms with van der Waals surface area (Å²) >= 11 is 0. The first-order chi connectivity index (χ1) is 12.1. The van der Waals surface area contributed by atoms with E-state index in [1.165, 1.54) is 6.33 Å². The molecule has 126 valence electrons. The van der Waals surface area contributed by atoms with Crippen molar-refractivity contribution in [3.8, 4) is 11.6 Å². The minimum Gasteiger partial charge on any atom is -0.471 e. The summed E-state index contributed by atoms with van der Waals surface area (Å²) in [4.78, 5) is 23.0. The quantitative estimate of drug-likeness (QED) is 0.719. The fraction of sp³-hybridized carbons (Fsp3) is 0.222. The molecule has 0 saturated heterocycles. The molecule has 3 aromatic rings. The monoisotopic (exact) mass is 335 g/mol. The van der Waals surface area contributed by atoms with E-state index in [1.54, 1.807) is 28.2 Å². The van der Waals surface area contributed by atoms with Crippen LogP contribution in [-0.2, 0) is 0 Å². The Bertz CT molecular complexity index is 923. The van der Waals surface area contributed by atoms with Gasteiger partial charge in [-0.05, 0) is 49.7 Å². The maximum Gasteiger partial charge on any atom is 0.258 e. The third-order valence-electron chi connectivity index (χ3n) is 4.16. The molecule has 1 aromatic carbocycles. The number of amides is 1. The number of pyridine rings is 1. The Morgan fingerprint density at radius 3 is 2.96 bits per heavy atom. The molecule has 1 aliphatic rings. The summed E-state index contributed by atoms with van der Waals surface area (Å²) in [6, 6.07) is 9.27. The number of fused-ring (bicyclic) bond motifs is 1. The van der Waals surface area contributed by atoms with Gasteiger partial charge in [0.2, 0.25) is 5.88 Å². The first-order valence-corrected chi connectivity index (χ1v) is 8.02. The molecule has 1 atom stereocenters. The third-order valence-corrected chi connectivity index (χ3v) is 4.16. The van der Waals surface area contributed by atoms with Crippen LogP contribution in [0.25, 0.3) is 5.69 Å². The second-order valence-electron chi connectivity index (χ2n) is 6.01. The lowest BCUT2D eigenvalue weighted by Gasteiger charge is -2.32. The van der Waals surface area contributed by atoms with Gasteiger partial charge in [-0.3, -0.25) is 9.69 Å². The molecule has 0 fully saturated rings. The normalized spacial score (nSPS) is 16.2. The van der Waals surface area contributed by atoms with Crippen LogP contribution in [0.2, 0.25) is 0 Å². The van der Waals surface area contributed by atoms with Crippen molar-refractivity contribution in [1.29, 1.82) is 0 Å². The van der Waals surface area contributed by atoms with Crippen LogP contribution in [0.1, 0.15) is 22.8 Å². The van der Waals surface area contributed by atoms with Crippen molar-refractivity contribution in [2.24, 2.45) is 0 Å². The van der Waals surface area contributed by atoms with E-state index in [0.29, 0.717) is 23.7 Å². The van der Waals surface area contributed by atoms with Crippen LogP contribution < -0.4 is 9.64 Å². The zero-order chi connectivity index (χ0) is 17.4. The number of carbonyl (C=O) groups is 1. The fourth-order valence-electron chi connectivity index (χ4n) is 2.97. The van der Waals surface area contributed by atoms with Gasteiger partial charge in [0.15, 0.2) is 0 Å². The topological polar surface area (TPSA) is 73.1 Å². The molecule has 0 radical (unpaired) electrons. The number of carbonyl (C=O) groups excluding carboxylic acids is 1. The van der Waals surface area contributed by atoms with Gasteiger partial charge in [-0.15, -0.1) is 0 Å². The number of aromatic nitrogens is 4. The van der Waals surface area contributed by atoms with Gasteiger partial charge in [-0.25, -0.2) is 14.6 Å². The largest absolute Gasteiger partial charge is 0.471 e. The average molecular weight is 335 g/mol. The highest BCUT2D eigenvalue weighted by Gasteiger charge is 2.29. The van der Waals surface area contributed by atoms with Crippen molar-refractivity contribution >= 4 is 11.6 Å². The molecule has 7 nitrogen and oxygen atoms in total. The van der Waals surface area contributed by atoms with Crippen LogP contribution in [0.15, 0.2) is 49.2 Å². The first kappa shape index (κ1) is 15.3. The minimum absolute atomic E-state index is 0.0629. The number of nitrogens with zero attached hydrogens (tertiary/aromatic N) is 5. The molecule has 1 aliphatic heterocycles. The Hall–Kier alpha value is -3.22. The van der Waals surface area contributed by atoms with E-state index in [1.807, 2.05) is 38.1 Å². The fourth-order valence-corrected chi connectivity index (χ4v) is 2.97. The number of rotatable bonds is 2. The van der Waals surface area contributed by atoms with E-state index >= 15 is 0 Å². The number of hydrogen-bond acceptors (Lipinski definition) is 5. The zero-order valence-corrected chi connectivity index (χ0v) is 14.0. The standard InChI is InChI=1S/C18H17N5O2/c1-12-8-14(23-11-19-10-21-23)5-6-15(12)18(24)22-9-13(2)25-17-16(22)4-3-7-20-17/h3-8,10-11,13H,9H2,1-2H3. The lowest BCUT2D eigenvalue weighted by molar-refractivity contribution is 0.0958. The second kappa shape index (κ2) is 6.01. The van der Waals surface area contributed by atoms with Crippen LogP contribution in [0.3, 0.4) is 0 Å². The zero-order valence-electron chi connectivity index (χ0n) is 14.0. The first-order valence-electron chi connectivity index (χ1n) is 8.02. The van der Waals surface area contributed by atoms with E-state index < -0.39 is 0 Å². The number of aryl methyl sites for hydroxylation is 1. The molecule has 1 amide bonds. The molecule has 25 heavy (non-hydrogen) atoms. The molecule has 0 spiro atoms. The highest BCUT2D eigenvalue weighted by molar-refractivity contribution is 6.08. The molecule has 0 aliphatic carbocycles. The highest BCUT2D eigenvalue weighted by Crippen LogP contribution is 2.32. The molecule has 0 saturated carbocycles. The maximum absolute atomic E-state index is 13.1. The number of ether oxygens (including phenoxy) is 1. The summed E-state index contributed by atoms with van der Waals surface area (Å²) in [5, 5.41) is 4.12. The Kier molecular flexibility index (Phi) is 3.68. The minimum atomic E-state index is -0.110. The summed E-state index contributed by atoms with van der Waals surface area (Å²) in [5.74, 6) is 0.429. The summed E-state index contributed by atoms with van der Waals surface area (Å²) in [7, 11) is 0. The predicted octanol–water partition coefficient (Wildman–Crippen LogP) is 2.40. The van der Waals surface area contributed by atoms with Crippen molar-refractivity contribution in [3.63, 3.8) is 0 Å². The summed E-state index contributed by atoms with van der Waals surface area (Å²) in [5.41, 5.74) is 3.09. The Morgan fingerprint density at radius 1 is 1.32 bits per heavy atom. The maximum atomic E-state index is 13.1. The van der Waals surface area contributed by atoms with Crippen LogP contribution >= 0.6 is 0 Å². The van der Waals surface area contributed by atoms with Gasteiger partial charge in [0.1, 0.15) is 24.4 Å². The van der Waals surface area contributed by atoms with Crippen molar-refractivity contribution in [1.82, 2.24) is 19.7 Å². The van der Waals surface area contributed by atoms with Gasteiger partial charge in [0, 0.05) is 11.8 Å². The smallest absolute Gasteiger partial charge is 0.258 e. The van der Waals surface area contributed by atoms with Crippen LogP contribution in [0, 0.1) is 6.92 Å². The SMILES string of the molecule is Cc1cc(-n2cncn2)ccc1C(=O)N1CC(C)Oc2ncccc21. The summed E-state index contributed by atoms with van der Waals surface area (Å²) in [6.07, 6.45) is 4.66. The van der Waals surface area contributed by atoms with Crippen molar-refractivity contribution in [2.75, 3.05) is 11.4 Å². The molecule has 3 heterocycles. The second-order valence-corrected chi connectivity index (χ2v) is 6.01. The molecule has 0 bridgehead atoms. The molecular weight excluding hydrogens is 318 g/mol. The van der Waals surface area contributed by atoms with Crippen LogP contribution in [0.4, 0.5) is 5.69 Å². The van der Waals surface area contributed by atoms with E-state index in [9.17, 15) is 4.79 Å². The van der Waals surface area contributed by atoms with Gasteiger partial charge in [-0.1, -0.05) is 0 Å². The lowest BCUT2D eigenvalue weighted by atomic mass is 10.1. The number of hydrogen-bond donors (Lipinski definition) is 0. The van der Waals surface area contributed by atoms with E-state index in [4.69, 9.17) is 4.74 Å². The predicted molar refractivity (Wildman–Crippen MR) is 92.1 cm³/mol. The Labute approximate surface area is 144 Å². The number of benzene rings is 1. The third kappa shape index (κ3) is 2.73. The summed E-state index contributed by atoms with van der Waals surface area (Å²) < 4.78 is 7.39. The van der Waals surface area contributed by atoms with Crippen LogP contribution in [0.5, 0.6) is 5.88 Å². The van der Waals surface area contributed by atoms with Crippen LogP contribution in [-0.4, -0.2) is 38.3 Å². The molecule has 7 heteroatoms. The van der Waals surface area contributed by atoms with Crippen molar-refractivity contribution in [3.05, 3.63) is 60.3 Å². The van der Waals surface area contributed by atoms with E-state index in [-0.39, 0.29) is 12.0 Å². The average Bonchev–Trinajstić information content (AvgIpc) is 3.15. The molecule has 4 rings (SSSR count). The molecular formula is C18H17N5O2. The Morgan fingerprint density at radius 2 is 2.20 bits per heavy atom.